The van der Waals surface area contributed by atoms with E-state index in [1.54, 1.807) is 37.3 Å². The molecular formula is C19H16N2O4. The van der Waals surface area contributed by atoms with Gasteiger partial charge in [0.2, 0.25) is 0 Å². The monoisotopic (exact) mass is 336 g/mol. The molecule has 0 radical (unpaired) electrons. The summed E-state index contributed by atoms with van der Waals surface area (Å²) in [5, 5.41) is 23.8. The number of phenols is 2. The lowest BCUT2D eigenvalue weighted by atomic mass is 10.1. The molecule has 0 spiro atoms. The summed E-state index contributed by atoms with van der Waals surface area (Å²) in [6.45, 7) is 3.54. The third-order valence-corrected chi connectivity index (χ3v) is 3.86. The van der Waals surface area contributed by atoms with Crippen LogP contribution in [0.25, 0.3) is 6.08 Å². The van der Waals surface area contributed by atoms with Gasteiger partial charge in [0.1, 0.15) is 0 Å². The van der Waals surface area contributed by atoms with Crippen molar-refractivity contribution in [1.29, 1.82) is 0 Å². The van der Waals surface area contributed by atoms with Gasteiger partial charge in [-0.05, 0) is 49.8 Å². The van der Waals surface area contributed by atoms with E-state index in [-0.39, 0.29) is 17.1 Å². The molecule has 2 amide bonds. The number of aromatic hydroxyl groups is 2. The summed E-state index contributed by atoms with van der Waals surface area (Å²) < 4.78 is 0. The number of nitrogens with zero attached hydrogens (tertiary/aromatic N) is 2. The van der Waals surface area contributed by atoms with Crippen LogP contribution in [0.3, 0.4) is 0 Å². The van der Waals surface area contributed by atoms with E-state index < -0.39 is 11.8 Å². The molecule has 0 atom stereocenters. The highest BCUT2D eigenvalue weighted by Crippen LogP contribution is 2.27. The van der Waals surface area contributed by atoms with E-state index >= 15 is 0 Å². The average Bonchev–Trinajstić information content (AvgIpc) is 2.86. The van der Waals surface area contributed by atoms with Crippen LogP contribution in [0.4, 0.5) is 0 Å². The van der Waals surface area contributed by atoms with E-state index in [1.165, 1.54) is 18.2 Å². The lowest BCUT2D eigenvalue weighted by Gasteiger charge is -2.10. The van der Waals surface area contributed by atoms with Gasteiger partial charge in [-0.15, -0.1) is 0 Å². The maximum absolute atomic E-state index is 12.6. The van der Waals surface area contributed by atoms with E-state index in [4.69, 9.17) is 0 Å². The van der Waals surface area contributed by atoms with Gasteiger partial charge in [-0.25, -0.2) is 0 Å². The van der Waals surface area contributed by atoms with Crippen LogP contribution in [-0.4, -0.2) is 32.7 Å². The summed E-state index contributed by atoms with van der Waals surface area (Å²) in [4.78, 5) is 25.1. The van der Waals surface area contributed by atoms with Gasteiger partial charge in [-0.2, -0.15) is 10.1 Å². The van der Waals surface area contributed by atoms with Crippen molar-refractivity contribution >= 4 is 23.6 Å². The Kier molecular flexibility index (Phi) is 4.10. The molecule has 1 aliphatic rings. The van der Waals surface area contributed by atoms with Gasteiger partial charge in [0, 0.05) is 5.56 Å². The van der Waals surface area contributed by atoms with Gasteiger partial charge in [0.05, 0.1) is 11.3 Å². The lowest BCUT2D eigenvalue weighted by molar-refractivity contribution is -0.123. The highest BCUT2D eigenvalue weighted by Gasteiger charge is 2.32. The molecule has 2 aromatic rings. The summed E-state index contributed by atoms with van der Waals surface area (Å²) in [5.41, 5.74) is 2.55. The normalized spacial score (nSPS) is 15.6. The van der Waals surface area contributed by atoms with Gasteiger partial charge in [0.25, 0.3) is 11.8 Å². The van der Waals surface area contributed by atoms with Crippen LogP contribution in [0, 0.1) is 6.92 Å². The molecule has 3 rings (SSSR count). The summed E-state index contributed by atoms with van der Waals surface area (Å²) >= 11 is 0. The first-order valence-electron chi connectivity index (χ1n) is 7.61. The van der Waals surface area contributed by atoms with Crippen LogP contribution in [-0.2, 0) is 4.79 Å². The van der Waals surface area contributed by atoms with E-state index in [0.29, 0.717) is 16.8 Å². The molecule has 0 fully saturated rings. The van der Waals surface area contributed by atoms with Crippen molar-refractivity contribution < 1.29 is 19.8 Å². The van der Waals surface area contributed by atoms with Crippen LogP contribution in [0.1, 0.15) is 28.4 Å². The minimum atomic E-state index is -0.532. The number of rotatable bonds is 2. The molecule has 0 unspecified atom stereocenters. The Balaban J connectivity index is 1.90. The average molecular weight is 336 g/mol. The van der Waals surface area contributed by atoms with E-state index in [1.807, 2.05) is 6.92 Å². The van der Waals surface area contributed by atoms with Gasteiger partial charge >= 0.3 is 0 Å². The second kappa shape index (κ2) is 6.24. The topological polar surface area (TPSA) is 90.2 Å². The number of hydrogen-bond donors (Lipinski definition) is 2. The molecule has 6 nitrogen and oxygen atoms in total. The first-order valence-corrected chi connectivity index (χ1v) is 7.61. The molecule has 0 saturated heterocycles. The van der Waals surface area contributed by atoms with E-state index in [0.717, 1.165) is 10.6 Å². The SMILES string of the molecule is CC1=NN(C(=O)c2ccc(C)cc2)C(=O)C1=Cc1ccc(O)c(O)c1. The van der Waals surface area contributed by atoms with Crippen LogP contribution in [0.5, 0.6) is 11.5 Å². The number of hydrazone groups is 1. The van der Waals surface area contributed by atoms with Gasteiger partial charge in [-0.1, -0.05) is 23.8 Å². The summed E-state index contributed by atoms with van der Waals surface area (Å²) in [6, 6.07) is 11.1. The van der Waals surface area contributed by atoms with Crippen LogP contribution >= 0.6 is 0 Å². The number of benzene rings is 2. The molecule has 1 heterocycles. The third kappa shape index (κ3) is 3.14. The molecule has 126 valence electrons. The van der Waals surface area contributed by atoms with Gasteiger partial charge in [0.15, 0.2) is 11.5 Å². The van der Waals surface area contributed by atoms with Crippen LogP contribution in [0.15, 0.2) is 53.1 Å². The fraction of sp³-hybridized carbons (Fsp3) is 0.105. The number of hydrogen-bond acceptors (Lipinski definition) is 5. The Hall–Kier alpha value is -3.41. The fourth-order valence-corrected chi connectivity index (χ4v) is 2.44. The number of aryl methyl sites for hydroxylation is 1. The molecule has 0 bridgehead atoms. The minimum Gasteiger partial charge on any atom is -0.504 e. The maximum atomic E-state index is 12.6. The zero-order valence-electron chi connectivity index (χ0n) is 13.7. The second-order valence-electron chi connectivity index (χ2n) is 5.78. The molecule has 1 aliphatic heterocycles. The Morgan fingerprint density at radius 2 is 1.72 bits per heavy atom. The zero-order chi connectivity index (χ0) is 18.1. The molecule has 0 aromatic heterocycles. The second-order valence-corrected chi connectivity index (χ2v) is 5.78. The molecule has 2 N–H and O–H groups in total. The van der Waals surface area contributed by atoms with Crippen LogP contribution < -0.4 is 0 Å². The van der Waals surface area contributed by atoms with Crippen molar-refractivity contribution in [3.63, 3.8) is 0 Å². The predicted octanol–water partition coefficient (Wildman–Crippen LogP) is 2.85. The molecule has 6 heteroatoms. The number of amides is 2. The highest BCUT2D eigenvalue weighted by atomic mass is 16.3. The molecule has 2 aromatic carbocycles. The summed E-state index contributed by atoms with van der Waals surface area (Å²) in [5.74, 6) is -1.57. The smallest absolute Gasteiger partial charge is 0.283 e. The maximum Gasteiger partial charge on any atom is 0.283 e. The largest absolute Gasteiger partial charge is 0.504 e. The van der Waals surface area contributed by atoms with Crippen molar-refractivity contribution in [1.82, 2.24) is 5.01 Å². The highest BCUT2D eigenvalue weighted by molar-refractivity contribution is 6.30. The van der Waals surface area contributed by atoms with Gasteiger partial charge in [-0.3, -0.25) is 9.59 Å². The zero-order valence-corrected chi connectivity index (χ0v) is 13.7. The van der Waals surface area contributed by atoms with Crippen LogP contribution in [0.2, 0.25) is 0 Å². The molecular weight excluding hydrogens is 320 g/mol. The van der Waals surface area contributed by atoms with Crippen molar-refractivity contribution in [2.45, 2.75) is 13.8 Å². The first-order chi connectivity index (χ1) is 11.9. The van der Waals surface area contributed by atoms with Crippen molar-refractivity contribution in [3.8, 4) is 11.5 Å². The summed E-state index contributed by atoms with van der Waals surface area (Å²) in [7, 11) is 0. The predicted molar refractivity (Wildman–Crippen MR) is 93.2 cm³/mol. The quantitative estimate of drug-likeness (QED) is 0.501. The van der Waals surface area contributed by atoms with E-state index in [2.05, 4.69) is 5.10 Å². The molecule has 25 heavy (non-hydrogen) atoms. The lowest BCUT2D eigenvalue weighted by Crippen LogP contribution is -2.29. The Morgan fingerprint density at radius 3 is 2.36 bits per heavy atom. The van der Waals surface area contributed by atoms with Crippen molar-refractivity contribution in [2.75, 3.05) is 0 Å². The van der Waals surface area contributed by atoms with Crippen molar-refractivity contribution in [2.24, 2.45) is 5.10 Å². The molecule has 0 aliphatic carbocycles. The molecule has 0 saturated carbocycles. The standard InChI is InChI=1S/C19H16N2O4/c1-11-3-6-14(7-4-11)18(24)21-19(25)15(12(2)20-21)9-13-5-8-16(22)17(23)10-13/h3-10,22-23H,1-2H3. The third-order valence-electron chi connectivity index (χ3n) is 3.86. The van der Waals surface area contributed by atoms with Crippen molar-refractivity contribution in [3.05, 3.63) is 64.7 Å². The number of carbonyl (C=O) groups excluding carboxylic acids is 2. The van der Waals surface area contributed by atoms with E-state index in [9.17, 15) is 19.8 Å². The Labute approximate surface area is 144 Å². The minimum absolute atomic E-state index is 0.249. The number of imide groups is 1. The first kappa shape index (κ1) is 16.4. The van der Waals surface area contributed by atoms with Gasteiger partial charge < -0.3 is 10.2 Å². The number of phenolic OH excluding ortho intramolecular Hbond substituents is 2. The Morgan fingerprint density at radius 1 is 1.04 bits per heavy atom. The summed E-state index contributed by atoms with van der Waals surface area (Å²) in [6.07, 6.45) is 1.52. The fourth-order valence-electron chi connectivity index (χ4n) is 2.44. The Bertz CT molecular complexity index is 927. The number of carbonyl (C=O) groups is 2.